The van der Waals surface area contributed by atoms with Gasteiger partial charge in [-0.2, -0.15) is 0 Å². The molecule has 0 saturated heterocycles. The molecular formula is C18H18O3. The quantitative estimate of drug-likeness (QED) is 0.616. The van der Waals surface area contributed by atoms with Gasteiger partial charge in [0.1, 0.15) is 0 Å². The van der Waals surface area contributed by atoms with Crippen LogP contribution in [-0.4, -0.2) is 20.0 Å². The lowest BCUT2D eigenvalue weighted by Gasteiger charge is -2.08. The Morgan fingerprint density at radius 2 is 1.71 bits per heavy atom. The molecule has 3 heteroatoms. The number of hydrogen-bond acceptors (Lipinski definition) is 3. The molecule has 0 fully saturated rings. The van der Waals surface area contributed by atoms with Gasteiger partial charge in [0.25, 0.3) is 0 Å². The van der Waals surface area contributed by atoms with Crippen LogP contribution in [-0.2, 0) is 0 Å². The van der Waals surface area contributed by atoms with Gasteiger partial charge in [-0.1, -0.05) is 30.3 Å². The zero-order chi connectivity index (χ0) is 15.2. The molecule has 2 aromatic carbocycles. The number of allylic oxidation sites excluding steroid dienone is 1. The molecule has 0 bridgehead atoms. The number of methoxy groups -OCH3 is 2. The number of aryl methyl sites for hydroxylation is 1. The van der Waals surface area contributed by atoms with E-state index in [1.165, 1.54) is 0 Å². The molecule has 3 nitrogen and oxygen atoms in total. The van der Waals surface area contributed by atoms with E-state index in [9.17, 15) is 4.79 Å². The lowest BCUT2D eigenvalue weighted by atomic mass is 10.1. The highest BCUT2D eigenvalue weighted by Gasteiger charge is 2.08. The summed E-state index contributed by atoms with van der Waals surface area (Å²) in [5.74, 6) is 1.09. The summed E-state index contributed by atoms with van der Waals surface area (Å²) in [4.78, 5) is 12.2. The summed E-state index contributed by atoms with van der Waals surface area (Å²) >= 11 is 0. The topological polar surface area (TPSA) is 35.5 Å². The molecule has 0 atom stereocenters. The van der Waals surface area contributed by atoms with E-state index in [4.69, 9.17) is 9.47 Å². The molecule has 0 aliphatic carbocycles. The first kappa shape index (κ1) is 14.9. The number of ketones is 1. The molecule has 0 saturated carbocycles. The fourth-order valence-electron chi connectivity index (χ4n) is 2.02. The first-order valence-electron chi connectivity index (χ1n) is 6.65. The van der Waals surface area contributed by atoms with Crippen molar-refractivity contribution in [1.29, 1.82) is 0 Å². The summed E-state index contributed by atoms with van der Waals surface area (Å²) in [6, 6.07) is 13.1. The maximum Gasteiger partial charge on any atom is 0.185 e. The third-order valence-electron chi connectivity index (χ3n) is 3.27. The van der Waals surface area contributed by atoms with Crippen molar-refractivity contribution in [3.63, 3.8) is 0 Å². The summed E-state index contributed by atoms with van der Waals surface area (Å²) in [5, 5.41) is 0. The number of carbonyl (C=O) groups is 1. The van der Waals surface area contributed by atoms with Crippen molar-refractivity contribution in [2.75, 3.05) is 14.2 Å². The second-order valence-corrected chi connectivity index (χ2v) is 4.62. The summed E-state index contributed by atoms with van der Waals surface area (Å²) in [5.41, 5.74) is 2.73. The maximum atomic E-state index is 12.2. The van der Waals surface area contributed by atoms with Crippen molar-refractivity contribution in [3.05, 3.63) is 65.2 Å². The van der Waals surface area contributed by atoms with Crippen LogP contribution in [0, 0.1) is 6.92 Å². The molecule has 2 aromatic rings. The number of rotatable bonds is 5. The predicted octanol–water partition coefficient (Wildman–Crippen LogP) is 3.91. The van der Waals surface area contributed by atoms with Crippen LogP contribution >= 0.6 is 0 Å². The summed E-state index contributed by atoms with van der Waals surface area (Å²) in [6.45, 7) is 2.01. The average molecular weight is 282 g/mol. The second-order valence-electron chi connectivity index (χ2n) is 4.62. The van der Waals surface area contributed by atoms with Crippen LogP contribution in [0.3, 0.4) is 0 Å². The largest absolute Gasteiger partial charge is 0.493 e. The van der Waals surface area contributed by atoms with Crippen molar-refractivity contribution < 1.29 is 14.3 Å². The SMILES string of the molecule is COc1ccc(C(=O)/C=C\c2ccccc2C)cc1OC. The molecule has 0 aliphatic heterocycles. The van der Waals surface area contributed by atoms with E-state index >= 15 is 0 Å². The van der Waals surface area contributed by atoms with Gasteiger partial charge in [-0.3, -0.25) is 4.79 Å². The molecule has 0 amide bonds. The van der Waals surface area contributed by atoms with Gasteiger partial charge >= 0.3 is 0 Å². The fraction of sp³-hybridized carbons (Fsp3) is 0.167. The minimum atomic E-state index is -0.0702. The van der Waals surface area contributed by atoms with Gasteiger partial charge in [0.15, 0.2) is 17.3 Å². The summed E-state index contributed by atoms with van der Waals surface area (Å²) in [7, 11) is 3.12. The first-order valence-corrected chi connectivity index (χ1v) is 6.65. The lowest BCUT2D eigenvalue weighted by Crippen LogP contribution is -1.97. The molecule has 2 rings (SSSR count). The molecule has 0 heterocycles. The summed E-state index contributed by atoms with van der Waals surface area (Å²) in [6.07, 6.45) is 3.40. The normalized spacial score (nSPS) is 10.6. The second kappa shape index (κ2) is 6.75. The molecule has 0 radical (unpaired) electrons. The van der Waals surface area contributed by atoms with E-state index in [-0.39, 0.29) is 5.78 Å². The van der Waals surface area contributed by atoms with E-state index < -0.39 is 0 Å². The Hall–Kier alpha value is -2.55. The van der Waals surface area contributed by atoms with Crippen molar-refractivity contribution in [3.8, 4) is 11.5 Å². The highest BCUT2D eigenvalue weighted by Crippen LogP contribution is 2.27. The third-order valence-corrected chi connectivity index (χ3v) is 3.27. The van der Waals surface area contributed by atoms with Crippen molar-refractivity contribution in [1.82, 2.24) is 0 Å². The van der Waals surface area contributed by atoms with Gasteiger partial charge in [-0.25, -0.2) is 0 Å². The number of benzene rings is 2. The van der Waals surface area contributed by atoms with E-state index in [0.717, 1.165) is 11.1 Å². The van der Waals surface area contributed by atoms with Gasteiger partial charge in [0, 0.05) is 5.56 Å². The van der Waals surface area contributed by atoms with E-state index in [1.54, 1.807) is 38.5 Å². The number of ether oxygens (including phenoxy) is 2. The molecule has 21 heavy (non-hydrogen) atoms. The Morgan fingerprint density at radius 1 is 1.00 bits per heavy atom. The van der Waals surface area contributed by atoms with Crippen molar-refractivity contribution in [2.45, 2.75) is 6.92 Å². The monoisotopic (exact) mass is 282 g/mol. The molecule has 108 valence electrons. The van der Waals surface area contributed by atoms with Crippen LogP contribution in [0.4, 0.5) is 0 Å². The molecule has 0 aromatic heterocycles. The lowest BCUT2D eigenvalue weighted by molar-refractivity contribution is 0.104. The summed E-state index contributed by atoms with van der Waals surface area (Å²) < 4.78 is 10.4. The Morgan fingerprint density at radius 3 is 2.38 bits per heavy atom. The molecular weight excluding hydrogens is 264 g/mol. The van der Waals surface area contributed by atoms with Gasteiger partial charge < -0.3 is 9.47 Å². The Balaban J connectivity index is 2.23. The smallest absolute Gasteiger partial charge is 0.185 e. The van der Waals surface area contributed by atoms with Gasteiger partial charge in [-0.05, 0) is 42.3 Å². The molecule has 0 unspecified atom stereocenters. The number of hydrogen-bond donors (Lipinski definition) is 0. The maximum absolute atomic E-state index is 12.2. The highest BCUT2D eigenvalue weighted by atomic mass is 16.5. The standard InChI is InChI=1S/C18H18O3/c1-13-6-4-5-7-14(13)8-10-16(19)15-9-11-17(20-2)18(12-15)21-3/h4-12H,1-3H3/b10-8-. The Kier molecular flexibility index (Phi) is 4.77. The Labute approximate surface area is 124 Å². The van der Waals surface area contributed by atoms with Gasteiger partial charge in [0.2, 0.25) is 0 Å². The van der Waals surface area contributed by atoms with Crippen molar-refractivity contribution >= 4 is 11.9 Å². The third kappa shape index (κ3) is 3.51. The van der Waals surface area contributed by atoms with E-state index in [0.29, 0.717) is 17.1 Å². The van der Waals surface area contributed by atoms with Crippen LogP contribution in [0.5, 0.6) is 11.5 Å². The minimum absolute atomic E-state index is 0.0702. The van der Waals surface area contributed by atoms with Crippen LogP contribution in [0.1, 0.15) is 21.5 Å². The zero-order valence-electron chi connectivity index (χ0n) is 12.4. The fourth-order valence-corrected chi connectivity index (χ4v) is 2.02. The molecule has 0 aliphatic rings. The average Bonchev–Trinajstić information content (AvgIpc) is 2.53. The van der Waals surface area contributed by atoms with Gasteiger partial charge in [-0.15, -0.1) is 0 Å². The molecule has 0 spiro atoms. The van der Waals surface area contributed by atoms with Crippen molar-refractivity contribution in [2.24, 2.45) is 0 Å². The Bertz CT molecular complexity index is 672. The van der Waals surface area contributed by atoms with Gasteiger partial charge in [0.05, 0.1) is 14.2 Å². The molecule has 0 N–H and O–H groups in total. The first-order chi connectivity index (χ1) is 10.2. The zero-order valence-corrected chi connectivity index (χ0v) is 12.4. The van der Waals surface area contributed by atoms with E-state index in [1.807, 2.05) is 37.3 Å². The van der Waals surface area contributed by atoms with Crippen LogP contribution in [0.2, 0.25) is 0 Å². The van der Waals surface area contributed by atoms with Crippen LogP contribution in [0.15, 0.2) is 48.5 Å². The highest BCUT2D eigenvalue weighted by molar-refractivity contribution is 6.07. The minimum Gasteiger partial charge on any atom is -0.493 e. The van der Waals surface area contributed by atoms with E-state index in [2.05, 4.69) is 0 Å². The van der Waals surface area contributed by atoms with Crippen LogP contribution in [0.25, 0.3) is 6.08 Å². The van der Waals surface area contributed by atoms with Crippen LogP contribution < -0.4 is 9.47 Å². The predicted molar refractivity (Wildman–Crippen MR) is 84.1 cm³/mol. The number of carbonyl (C=O) groups excluding carboxylic acids is 1.